The molecule has 3 nitrogen and oxygen atoms in total. The smallest absolute Gasteiger partial charge is 0.200 e. The topological polar surface area (TPSA) is 48.2 Å². The van der Waals surface area contributed by atoms with E-state index in [1.807, 2.05) is 0 Å². The molecule has 0 amide bonds. The van der Waals surface area contributed by atoms with Gasteiger partial charge in [0, 0.05) is 0 Å². The molecular weight excluding hydrogens is 464 g/mol. The zero-order valence-corrected chi connectivity index (χ0v) is 12.8. The van der Waals surface area contributed by atoms with Gasteiger partial charge in [-0.15, -0.1) is 0 Å². The van der Waals surface area contributed by atoms with Gasteiger partial charge < -0.3 is 0 Å². The Morgan fingerprint density at radius 1 is 0.571 bits per heavy atom. The van der Waals surface area contributed by atoms with E-state index in [-0.39, 0.29) is 0 Å². The zero-order chi connectivity index (χ0) is 22.7. The van der Waals surface area contributed by atoms with Crippen molar-refractivity contribution in [3.05, 3.63) is 29.1 Å². The number of nitrogens with zero attached hydrogens (tertiary/aromatic N) is 1. The summed E-state index contributed by atoms with van der Waals surface area (Å²) in [6.45, 7) is 0. The molecule has 0 atom stereocenters. The summed E-state index contributed by atoms with van der Waals surface area (Å²) in [6.07, 6.45) is -7.44. The lowest BCUT2D eigenvalue weighted by atomic mass is 10.1. The first-order valence-corrected chi connectivity index (χ1v) is 7.28. The molecule has 2 radical (unpaired) electrons. The van der Waals surface area contributed by atoms with Crippen molar-refractivity contribution in [3.63, 3.8) is 0 Å². The summed E-state index contributed by atoms with van der Waals surface area (Å²) >= 11 is 0. The van der Waals surface area contributed by atoms with Crippen LogP contribution < -0.4 is 4.72 Å². The summed E-state index contributed by atoms with van der Waals surface area (Å²) in [5.41, 5.74) is -3.05. The Morgan fingerprint density at radius 2 is 0.893 bits per heavy atom. The standard InChI is InChI=1S/C10F14NO2S/c11-1-2(12)4(14)6(5(15)3(1)13)25-28(26,27)10(23,24)8(18,19)7(16,17)9(20,21)22/q+1. The maximum atomic E-state index is 13.3. The monoisotopic (exact) mass is 464 g/mol. The Hall–Kier alpha value is -1.85. The molecule has 0 N–H and O–H groups in total. The molecule has 1 aromatic carbocycles. The SMILES string of the molecule is O=S(=O)([N+]c1c(F)c(F)c(F)c(F)c1F)C(F)(F)C(F)(F)C(F)(F)C(F)(F)F. The van der Waals surface area contributed by atoms with Crippen LogP contribution in [0.5, 0.6) is 0 Å². The molecule has 0 bridgehead atoms. The van der Waals surface area contributed by atoms with Crippen LogP contribution in [0.4, 0.5) is 67.2 Å². The van der Waals surface area contributed by atoms with Crippen LogP contribution in [0.3, 0.4) is 0 Å². The highest BCUT2D eigenvalue weighted by Gasteiger charge is 2.88. The first-order valence-electron chi connectivity index (χ1n) is 5.84. The van der Waals surface area contributed by atoms with Crippen LogP contribution in [0.2, 0.25) is 0 Å². The molecule has 0 aliphatic rings. The maximum Gasteiger partial charge on any atom is 0.477 e. The largest absolute Gasteiger partial charge is 0.477 e. The summed E-state index contributed by atoms with van der Waals surface area (Å²) in [5, 5.41) is -7.51. The summed E-state index contributed by atoms with van der Waals surface area (Å²) in [5.74, 6) is -31.1. The predicted molar refractivity (Wildman–Crippen MR) is 57.8 cm³/mol. The Morgan fingerprint density at radius 3 is 1.21 bits per heavy atom. The number of hydrogen-bond donors (Lipinski definition) is 0. The summed E-state index contributed by atoms with van der Waals surface area (Å²) in [4.78, 5) is 0. The molecule has 0 fully saturated rings. The van der Waals surface area contributed by atoms with E-state index in [2.05, 4.69) is 0 Å². The number of rotatable bonds is 5. The molecule has 0 spiro atoms. The van der Waals surface area contributed by atoms with Gasteiger partial charge >= 0.3 is 39.0 Å². The number of halogens is 14. The minimum atomic E-state index is -7.81. The highest BCUT2D eigenvalue weighted by atomic mass is 32.2. The van der Waals surface area contributed by atoms with Crippen molar-refractivity contribution in [2.45, 2.75) is 23.3 Å². The average molecular weight is 464 g/mol. The number of sulfonamides is 1. The molecule has 0 aliphatic heterocycles. The van der Waals surface area contributed by atoms with Gasteiger partial charge in [0.1, 0.15) is 0 Å². The molecule has 0 saturated carbocycles. The van der Waals surface area contributed by atoms with Gasteiger partial charge in [0.2, 0.25) is 29.1 Å². The molecule has 1 rings (SSSR count). The fourth-order valence-electron chi connectivity index (χ4n) is 1.37. The van der Waals surface area contributed by atoms with E-state index in [1.54, 1.807) is 0 Å². The van der Waals surface area contributed by atoms with E-state index >= 15 is 0 Å². The Kier molecular flexibility index (Phi) is 5.70. The third-order valence-electron chi connectivity index (χ3n) is 2.84. The van der Waals surface area contributed by atoms with Crippen LogP contribution >= 0.6 is 0 Å². The quantitative estimate of drug-likeness (QED) is 0.369. The number of alkyl halides is 9. The summed E-state index contributed by atoms with van der Waals surface area (Å²) in [6, 6.07) is 0. The van der Waals surface area contributed by atoms with Gasteiger partial charge in [-0.1, -0.05) is 0 Å². The Balaban J connectivity index is 3.62. The van der Waals surface area contributed by atoms with Gasteiger partial charge in [0.25, 0.3) is 4.72 Å². The van der Waals surface area contributed by atoms with Crippen molar-refractivity contribution in [2.75, 3.05) is 0 Å². The maximum absolute atomic E-state index is 13.3. The van der Waals surface area contributed by atoms with Crippen molar-refractivity contribution in [1.82, 2.24) is 4.72 Å². The molecule has 160 valence electrons. The van der Waals surface area contributed by atoms with Gasteiger partial charge in [-0.3, -0.25) is 0 Å². The van der Waals surface area contributed by atoms with E-state index in [0.29, 0.717) is 0 Å². The highest BCUT2D eigenvalue weighted by molar-refractivity contribution is 7.90. The molecule has 0 aliphatic carbocycles. The van der Waals surface area contributed by atoms with Crippen LogP contribution in [0, 0.1) is 29.1 Å². The van der Waals surface area contributed by atoms with Gasteiger partial charge in [-0.25, -0.2) is 13.2 Å². The van der Waals surface area contributed by atoms with Crippen LogP contribution in [0.15, 0.2) is 0 Å². The molecule has 0 saturated heterocycles. The lowest BCUT2D eigenvalue weighted by molar-refractivity contribution is -0.382. The predicted octanol–water partition coefficient (Wildman–Crippen LogP) is 4.37. The van der Waals surface area contributed by atoms with Crippen LogP contribution in [0.1, 0.15) is 0 Å². The van der Waals surface area contributed by atoms with Crippen LogP contribution in [-0.4, -0.2) is 31.7 Å². The average Bonchev–Trinajstić information content (AvgIpc) is 2.53. The van der Waals surface area contributed by atoms with Crippen molar-refractivity contribution in [3.8, 4) is 0 Å². The lowest BCUT2D eigenvalue weighted by Gasteiger charge is -2.30. The second-order valence-corrected chi connectivity index (χ2v) is 6.29. The molecule has 0 aromatic heterocycles. The van der Waals surface area contributed by atoms with Gasteiger partial charge in [-0.2, -0.15) is 56.7 Å². The van der Waals surface area contributed by atoms with E-state index in [9.17, 15) is 69.9 Å². The second-order valence-electron chi connectivity index (χ2n) is 4.65. The minimum Gasteiger partial charge on any atom is -0.200 e. The van der Waals surface area contributed by atoms with E-state index in [1.165, 1.54) is 0 Å². The van der Waals surface area contributed by atoms with Gasteiger partial charge in [0.05, 0.1) is 0 Å². The van der Waals surface area contributed by atoms with Crippen LogP contribution in [-0.2, 0) is 10.0 Å². The molecule has 1 aromatic rings. The van der Waals surface area contributed by atoms with E-state index in [0.717, 1.165) is 4.72 Å². The summed E-state index contributed by atoms with van der Waals surface area (Å²) < 4.78 is 202. The molecule has 18 heteroatoms. The Bertz CT molecular complexity index is 861. The Labute approximate surface area is 144 Å². The second kappa shape index (κ2) is 6.60. The van der Waals surface area contributed by atoms with Gasteiger partial charge in [0.15, 0.2) is 0 Å². The summed E-state index contributed by atoms with van der Waals surface area (Å²) in [7, 11) is -7.78. The fourth-order valence-corrected chi connectivity index (χ4v) is 2.34. The normalized spacial score (nSPS) is 14.5. The molecule has 0 heterocycles. The minimum absolute atomic E-state index is 1.13. The first kappa shape index (κ1) is 24.2. The van der Waals surface area contributed by atoms with Crippen LogP contribution in [0.25, 0.3) is 0 Å². The number of benzene rings is 1. The fraction of sp³-hybridized carbons (Fsp3) is 0.400. The molecular formula is C10F14NO2S+. The zero-order valence-electron chi connectivity index (χ0n) is 12.0. The lowest BCUT2D eigenvalue weighted by Crippen LogP contribution is -2.64. The van der Waals surface area contributed by atoms with E-state index in [4.69, 9.17) is 0 Å². The van der Waals surface area contributed by atoms with Gasteiger partial charge in [-0.05, 0) is 0 Å². The number of hydrogen-bond acceptors (Lipinski definition) is 2. The van der Waals surface area contributed by atoms with E-state index < -0.39 is 68.1 Å². The van der Waals surface area contributed by atoms with Crippen molar-refractivity contribution >= 4 is 15.7 Å². The highest BCUT2D eigenvalue weighted by Crippen LogP contribution is 2.55. The van der Waals surface area contributed by atoms with Crippen molar-refractivity contribution in [2.24, 2.45) is 0 Å². The van der Waals surface area contributed by atoms with Crippen molar-refractivity contribution < 1.29 is 69.9 Å². The molecule has 28 heavy (non-hydrogen) atoms. The molecule has 0 unspecified atom stereocenters. The first-order chi connectivity index (χ1) is 12.1. The van der Waals surface area contributed by atoms with Crippen molar-refractivity contribution in [1.29, 1.82) is 0 Å². The third-order valence-corrected chi connectivity index (χ3v) is 4.17. The third kappa shape index (κ3) is 3.25.